The number of anilines is 1. The van der Waals surface area contributed by atoms with Gasteiger partial charge in [0, 0.05) is 24.3 Å². The first-order valence-electron chi connectivity index (χ1n) is 11.4. The molecule has 1 atom stereocenters. The number of halogens is 2. The summed E-state index contributed by atoms with van der Waals surface area (Å²) in [6.07, 6.45) is 5.57. The van der Waals surface area contributed by atoms with Gasteiger partial charge in [-0.25, -0.2) is 19.3 Å². The zero-order valence-corrected chi connectivity index (χ0v) is 20.1. The second-order valence-electron chi connectivity index (χ2n) is 10.0. The summed E-state index contributed by atoms with van der Waals surface area (Å²) < 4.78 is 23.0. The van der Waals surface area contributed by atoms with E-state index in [0.717, 1.165) is 32.3 Å². The molecule has 0 radical (unpaired) electrons. The van der Waals surface area contributed by atoms with E-state index in [0.29, 0.717) is 33.6 Å². The normalized spacial score (nSPS) is 20.1. The number of aromatic nitrogens is 4. The molecule has 5 rings (SSSR count). The Kier molecular flexibility index (Phi) is 5.38. The molecule has 3 aromatic rings. The number of fused-ring (bicyclic) bond motifs is 1. The molecule has 176 valence electrons. The molecular formula is C24H29ClFN5O2. The van der Waals surface area contributed by atoms with E-state index in [2.05, 4.69) is 20.3 Å². The average molecular weight is 474 g/mol. The van der Waals surface area contributed by atoms with Gasteiger partial charge in [-0.05, 0) is 65.5 Å². The molecule has 2 aliphatic rings. The molecule has 0 unspecified atom stereocenters. The van der Waals surface area contributed by atoms with Crippen molar-refractivity contribution in [1.29, 1.82) is 0 Å². The fourth-order valence-corrected chi connectivity index (χ4v) is 4.90. The van der Waals surface area contributed by atoms with E-state index in [-0.39, 0.29) is 23.2 Å². The Balaban J connectivity index is 1.54. The largest absolute Gasteiger partial charge is 0.383 e. The molecule has 1 aromatic carbocycles. The van der Waals surface area contributed by atoms with Crippen molar-refractivity contribution in [3.63, 3.8) is 0 Å². The third-order valence-corrected chi connectivity index (χ3v) is 6.74. The Hall–Kier alpha value is -2.29. The van der Waals surface area contributed by atoms with E-state index in [9.17, 15) is 5.11 Å². The van der Waals surface area contributed by atoms with Crippen molar-refractivity contribution in [1.82, 2.24) is 19.5 Å². The van der Waals surface area contributed by atoms with Crippen molar-refractivity contribution in [3.05, 3.63) is 35.0 Å². The predicted octanol–water partition coefficient (Wildman–Crippen LogP) is 5.22. The molecule has 1 saturated carbocycles. The third kappa shape index (κ3) is 4.20. The smallest absolute Gasteiger partial charge is 0.223 e. The molecule has 3 heterocycles. The molecule has 1 aliphatic carbocycles. The molecule has 7 nitrogen and oxygen atoms in total. The number of imidazole rings is 1. The molecular weight excluding hydrogens is 445 g/mol. The maximum absolute atomic E-state index is 15.2. The number of hydrogen-bond donors (Lipinski definition) is 2. The molecule has 2 N–H and O–H groups in total. The van der Waals surface area contributed by atoms with Crippen molar-refractivity contribution < 1.29 is 14.2 Å². The Bertz CT molecular complexity index is 1220. The van der Waals surface area contributed by atoms with Gasteiger partial charge in [0.1, 0.15) is 16.9 Å². The first kappa shape index (κ1) is 22.5. The van der Waals surface area contributed by atoms with Gasteiger partial charge in [-0.3, -0.25) is 0 Å². The fourth-order valence-electron chi connectivity index (χ4n) is 4.70. The Morgan fingerprint density at radius 3 is 2.73 bits per heavy atom. The van der Waals surface area contributed by atoms with Crippen LogP contribution in [-0.4, -0.2) is 42.9 Å². The van der Waals surface area contributed by atoms with Gasteiger partial charge in [0.05, 0.1) is 28.0 Å². The second-order valence-corrected chi connectivity index (χ2v) is 10.4. The van der Waals surface area contributed by atoms with Crippen LogP contribution in [0.4, 0.5) is 10.3 Å². The van der Waals surface area contributed by atoms with E-state index in [1.807, 2.05) is 24.5 Å². The van der Waals surface area contributed by atoms with Crippen molar-refractivity contribution in [2.24, 2.45) is 0 Å². The summed E-state index contributed by atoms with van der Waals surface area (Å²) in [5, 5.41) is 14.4. The highest BCUT2D eigenvalue weighted by Gasteiger charge is 2.47. The molecule has 1 spiro atoms. The standard InChI is InChI=1S/C24H29ClFN5O2/c1-13(2)31-18-10-14(9-17(26)20(18)29-21(31)23(3,4)32)19-16(25)12-27-22(30-19)28-15-5-8-33-24(11-15)6-7-24/h9-10,12-13,15,32H,5-8,11H2,1-4H3,(H,27,28,30)/t15-/m1/s1. The lowest BCUT2D eigenvalue weighted by atomic mass is 10.0. The summed E-state index contributed by atoms with van der Waals surface area (Å²) in [7, 11) is 0. The molecule has 1 aliphatic heterocycles. The van der Waals surface area contributed by atoms with Crippen molar-refractivity contribution in [3.8, 4) is 11.3 Å². The lowest BCUT2D eigenvalue weighted by Crippen LogP contribution is -2.35. The number of benzene rings is 1. The molecule has 0 bridgehead atoms. The third-order valence-electron chi connectivity index (χ3n) is 6.46. The van der Waals surface area contributed by atoms with Gasteiger partial charge < -0.3 is 19.7 Å². The van der Waals surface area contributed by atoms with Crippen molar-refractivity contribution in [2.75, 3.05) is 11.9 Å². The van der Waals surface area contributed by atoms with Crippen LogP contribution in [0, 0.1) is 5.82 Å². The molecule has 1 saturated heterocycles. The first-order valence-corrected chi connectivity index (χ1v) is 11.8. The van der Waals surface area contributed by atoms with E-state index in [1.54, 1.807) is 20.0 Å². The van der Waals surface area contributed by atoms with Crippen LogP contribution in [0.1, 0.15) is 65.2 Å². The minimum atomic E-state index is -1.22. The molecule has 33 heavy (non-hydrogen) atoms. The summed E-state index contributed by atoms with van der Waals surface area (Å²) in [4.78, 5) is 13.4. The van der Waals surface area contributed by atoms with Gasteiger partial charge in [-0.2, -0.15) is 0 Å². The number of ether oxygens (including phenoxy) is 1. The molecule has 9 heteroatoms. The van der Waals surface area contributed by atoms with Gasteiger partial charge in [0.15, 0.2) is 5.82 Å². The topological polar surface area (TPSA) is 85.1 Å². The quantitative estimate of drug-likeness (QED) is 0.528. The summed E-state index contributed by atoms with van der Waals surface area (Å²) in [5.41, 5.74) is 0.593. The maximum Gasteiger partial charge on any atom is 0.223 e. The number of hydrogen-bond acceptors (Lipinski definition) is 6. The van der Waals surface area contributed by atoms with Crippen molar-refractivity contribution >= 4 is 28.6 Å². The van der Waals surface area contributed by atoms with Crippen LogP contribution in [0.2, 0.25) is 5.02 Å². The lowest BCUT2D eigenvalue weighted by Gasteiger charge is -2.30. The summed E-state index contributed by atoms with van der Waals surface area (Å²) in [6.45, 7) is 7.96. The van der Waals surface area contributed by atoms with E-state index in [1.165, 1.54) is 6.07 Å². The highest BCUT2D eigenvalue weighted by atomic mass is 35.5. The Labute approximate surface area is 197 Å². The average Bonchev–Trinajstić information content (AvgIpc) is 3.33. The van der Waals surface area contributed by atoms with Crippen LogP contribution in [-0.2, 0) is 10.3 Å². The highest BCUT2D eigenvalue weighted by molar-refractivity contribution is 6.33. The van der Waals surface area contributed by atoms with Gasteiger partial charge >= 0.3 is 0 Å². The minimum absolute atomic E-state index is 0.0345. The highest BCUT2D eigenvalue weighted by Crippen LogP contribution is 2.46. The second kappa shape index (κ2) is 7.89. The van der Waals surface area contributed by atoms with Gasteiger partial charge in [0.25, 0.3) is 0 Å². The van der Waals surface area contributed by atoms with Crippen LogP contribution in [0.5, 0.6) is 0 Å². The molecule has 2 fully saturated rings. The number of nitrogens with one attached hydrogen (secondary N) is 1. The molecule has 0 amide bonds. The zero-order valence-electron chi connectivity index (χ0n) is 19.3. The van der Waals surface area contributed by atoms with Gasteiger partial charge in [0.2, 0.25) is 5.95 Å². The fraction of sp³-hybridized carbons (Fsp3) is 0.542. The monoisotopic (exact) mass is 473 g/mol. The Morgan fingerprint density at radius 2 is 2.06 bits per heavy atom. The van der Waals surface area contributed by atoms with E-state index in [4.69, 9.17) is 16.3 Å². The lowest BCUT2D eigenvalue weighted by molar-refractivity contribution is -0.00889. The molecule has 2 aromatic heterocycles. The van der Waals surface area contributed by atoms with Gasteiger partial charge in [-0.1, -0.05) is 11.6 Å². The number of nitrogens with zero attached hydrogens (tertiary/aromatic N) is 4. The van der Waals surface area contributed by atoms with Gasteiger partial charge in [-0.15, -0.1) is 0 Å². The first-order chi connectivity index (χ1) is 15.6. The number of rotatable bonds is 5. The van der Waals surface area contributed by atoms with E-state index >= 15 is 4.39 Å². The minimum Gasteiger partial charge on any atom is -0.383 e. The SMILES string of the molecule is CC(C)n1c(C(C)(C)O)nc2c(F)cc(-c3nc(N[C@@H]4CCOC5(CC5)C4)ncc3Cl)cc21. The Morgan fingerprint density at radius 1 is 1.30 bits per heavy atom. The van der Waals surface area contributed by atoms with Crippen LogP contribution in [0.25, 0.3) is 22.3 Å². The summed E-state index contributed by atoms with van der Waals surface area (Å²) in [5.74, 6) is 0.386. The van der Waals surface area contributed by atoms with Crippen LogP contribution >= 0.6 is 11.6 Å². The predicted molar refractivity (Wildman–Crippen MR) is 126 cm³/mol. The zero-order chi connectivity index (χ0) is 23.5. The number of aliphatic hydroxyl groups is 1. The van der Waals surface area contributed by atoms with Crippen LogP contribution in [0.15, 0.2) is 18.3 Å². The van der Waals surface area contributed by atoms with E-state index < -0.39 is 11.4 Å². The van der Waals surface area contributed by atoms with Crippen molar-refractivity contribution in [2.45, 2.75) is 76.7 Å². The summed E-state index contributed by atoms with van der Waals surface area (Å²) in [6, 6.07) is 3.41. The van der Waals surface area contributed by atoms with Crippen LogP contribution < -0.4 is 5.32 Å². The van der Waals surface area contributed by atoms with Crippen LogP contribution in [0.3, 0.4) is 0 Å². The summed E-state index contributed by atoms with van der Waals surface area (Å²) >= 11 is 6.45. The maximum atomic E-state index is 15.2.